The number of benzene rings is 2. The summed E-state index contributed by atoms with van der Waals surface area (Å²) in [6.45, 7) is 0.832. The van der Waals surface area contributed by atoms with Crippen LogP contribution in [0, 0.1) is 0 Å². The van der Waals surface area contributed by atoms with E-state index in [1.54, 1.807) is 14.2 Å². The monoisotopic (exact) mass is 529 g/mol. The Balaban J connectivity index is 1.51. The summed E-state index contributed by atoms with van der Waals surface area (Å²) in [6, 6.07) is 9.66. The van der Waals surface area contributed by atoms with Gasteiger partial charge >= 0.3 is 0 Å². The highest BCUT2D eigenvalue weighted by Crippen LogP contribution is 2.43. The number of nitrogens with two attached hydrogens (primary N) is 1. The third-order valence-electron chi connectivity index (χ3n) is 5.19. The smallest absolute Gasteiger partial charge is 0.231 e. The molecule has 2 N–H and O–H groups in total. The molecule has 2 aromatic heterocycles. The first kappa shape index (κ1) is 21.7. The van der Waals surface area contributed by atoms with E-state index in [9.17, 15) is 0 Å². The normalized spacial score (nSPS) is 12.3. The van der Waals surface area contributed by atoms with Crippen molar-refractivity contribution in [1.82, 2.24) is 19.5 Å². The second kappa shape index (κ2) is 8.99. The van der Waals surface area contributed by atoms with Crippen LogP contribution in [0.4, 0.5) is 5.82 Å². The van der Waals surface area contributed by atoms with Crippen molar-refractivity contribution in [2.75, 3.05) is 26.7 Å². The molecule has 4 aromatic rings. The summed E-state index contributed by atoms with van der Waals surface area (Å²) in [5, 5.41) is 0.742. The molecule has 5 rings (SSSR count). The largest absolute Gasteiger partial charge is 0.497 e. The van der Waals surface area contributed by atoms with Crippen molar-refractivity contribution in [1.29, 1.82) is 0 Å². The molecule has 0 atom stereocenters. The fraction of sp³-hybridized carbons (Fsp3) is 0.227. The van der Waals surface area contributed by atoms with Gasteiger partial charge in [0.1, 0.15) is 17.8 Å². The highest BCUT2D eigenvalue weighted by Gasteiger charge is 2.21. The number of imidazole rings is 1. The average Bonchev–Trinajstić information content (AvgIpc) is 3.42. The molecule has 1 aliphatic rings. The molecule has 1 aliphatic heterocycles. The lowest BCUT2D eigenvalue weighted by molar-refractivity contribution is 0.174. The van der Waals surface area contributed by atoms with Gasteiger partial charge in [-0.05, 0) is 52.2 Å². The molecule has 0 bridgehead atoms. The van der Waals surface area contributed by atoms with E-state index >= 15 is 0 Å². The van der Waals surface area contributed by atoms with Gasteiger partial charge in [-0.15, -0.1) is 0 Å². The van der Waals surface area contributed by atoms with Gasteiger partial charge in [0.2, 0.25) is 6.79 Å². The van der Waals surface area contributed by atoms with Gasteiger partial charge in [0.15, 0.2) is 33.6 Å². The number of nitrogens with zero attached hydrogens (tertiary/aromatic N) is 4. The molecule has 170 valence electrons. The predicted octanol–water partition coefficient (Wildman–Crippen LogP) is 4.31. The lowest BCUT2D eigenvalue weighted by Gasteiger charge is -2.11. The minimum atomic E-state index is 0.213. The molecule has 33 heavy (non-hydrogen) atoms. The molecular formula is C22H20BrN5O4S. The summed E-state index contributed by atoms with van der Waals surface area (Å²) < 4.78 is 24.7. The topological polar surface area (TPSA) is 107 Å². The number of hydrogen-bond acceptors (Lipinski definition) is 9. The van der Waals surface area contributed by atoms with E-state index in [-0.39, 0.29) is 6.79 Å². The average molecular weight is 530 g/mol. The Bertz CT molecular complexity index is 1320. The van der Waals surface area contributed by atoms with Gasteiger partial charge in [-0.3, -0.25) is 0 Å². The van der Waals surface area contributed by atoms with Crippen molar-refractivity contribution in [3.05, 3.63) is 46.7 Å². The second-order valence-electron chi connectivity index (χ2n) is 7.19. The quantitative estimate of drug-likeness (QED) is 0.374. The number of rotatable bonds is 7. The summed E-state index contributed by atoms with van der Waals surface area (Å²) in [7, 11) is 3.28. The van der Waals surface area contributed by atoms with Crippen molar-refractivity contribution in [3.8, 4) is 23.0 Å². The first-order chi connectivity index (χ1) is 16.1. The van der Waals surface area contributed by atoms with Crippen molar-refractivity contribution in [3.63, 3.8) is 0 Å². The third-order valence-corrected chi connectivity index (χ3v) is 7.16. The van der Waals surface area contributed by atoms with Crippen LogP contribution < -0.4 is 24.7 Å². The molecule has 0 fully saturated rings. The number of ether oxygens (including phenoxy) is 4. The highest BCUT2D eigenvalue weighted by atomic mass is 79.9. The minimum absolute atomic E-state index is 0.213. The number of methoxy groups -OCH3 is 2. The Hall–Kier alpha value is -3.18. The molecule has 0 radical (unpaired) electrons. The summed E-state index contributed by atoms with van der Waals surface area (Å²) in [4.78, 5) is 14.2. The molecular weight excluding hydrogens is 510 g/mol. The van der Waals surface area contributed by atoms with Crippen LogP contribution in [0.2, 0.25) is 0 Å². The van der Waals surface area contributed by atoms with E-state index in [1.165, 1.54) is 18.1 Å². The summed E-state index contributed by atoms with van der Waals surface area (Å²) in [6.07, 6.45) is 2.16. The van der Waals surface area contributed by atoms with E-state index in [0.717, 1.165) is 31.6 Å². The van der Waals surface area contributed by atoms with E-state index in [2.05, 4.69) is 25.9 Å². The van der Waals surface area contributed by atoms with Crippen molar-refractivity contribution in [2.24, 2.45) is 0 Å². The standard InChI is InChI=1S/C22H20BrN5O4S/c1-29-13-5-12(6-14(7-13)30-2)3-4-28-21-19(20(24)25-10-26-21)27-22(28)33-18-9-17-16(8-15(18)23)31-11-32-17/h5-10H,3-4,11H2,1-2H3,(H2,24,25,26). The maximum atomic E-state index is 6.10. The highest BCUT2D eigenvalue weighted by molar-refractivity contribution is 9.10. The van der Waals surface area contributed by atoms with Gasteiger partial charge < -0.3 is 29.2 Å². The first-order valence-corrected chi connectivity index (χ1v) is 11.6. The number of fused-ring (bicyclic) bond motifs is 2. The van der Waals surface area contributed by atoms with Crippen LogP contribution in [0.25, 0.3) is 11.2 Å². The number of hydrogen-bond donors (Lipinski definition) is 1. The Labute approximate surface area is 202 Å². The Kier molecular flexibility index (Phi) is 5.90. The second-order valence-corrected chi connectivity index (χ2v) is 9.05. The van der Waals surface area contributed by atoms with E-state index in [4.69, 9.17) is 29.7 Å². The van der Waals surface area contributed by atoms with Crippen LogP contribution in [-0.4, -0.2) is 40.5 Å². The number of nitrogen functional groups attached to an aromatic ring is 1. The predicted molar refractivity (Wildman–Crippen MR) is 127 cm³/mol. The number of aromatic nitrogens is 4. The molecule has 0 spiro atoms. The van der Waals surface area contributed by atoms with E-state index < -0.39 is 0 Å². The molecule has 11 heteroatoms. The molecule has 3 heterocycles. The van der Waals surface area contributed by atoms with Gasteiger partial charge in [0.25, 0.3) is 0 Å². The van der Waals surface area contributed by atoms with Gasteiger partial charge in [0.05, 0.1) is 14.2 Å². The molecule has 0 saturated carbocycles. The minimum Gasteiger partial charge on any atom is -0.497 e. The van der Waals surface area contributed by atoms with Gasteiger partial charge in [-0.1, -0.05) is 11.8 Å². The first-order valence-electron chi connectivity index (χ1n) is 10.0. The SMILES string of the molecule is COc1cc(CCn2c(Sc3cc4c(cc3Br)OCO4)nc3c(N)ncnc32)cc(OC)c1. The third kappa shape index (κ3) is 4.25. The summed E-state index contributed by atoms with van der Waals surface area (Å²) >= 11 is 5.11. The molecule has 0 saturated heterocycles. The number of anilines is 1. The Morgan fingerprint density at radius 3 is 2.52 bits per heavy atom. The van der Waals surface area contributed by atoms with Gasteiger partial charge in [-0.2, -0.15) is 0 Å². The zero-order valence-corrected chi connectivity index (χ0v) is 20.3. The zero-order valence-electron chi connectivity index (χ0n) is 17.9. The van der Waals surface area contributed by atoms with Crippen LogP contribution in [0.1, 0.15) is 5.56 Å². The molecule has 0 amide bonds. The fourth-order valence-electron chi connectivity index (χ4n) is 3.54. The van der Waals surface area contributed by atoms with E-state index in [1.807, 2.05) is 34.9 Å². The molecule has 0 aliphatic carbocycles. The Morgan fingerprint density at radius 2 is 1.79 bits per heavy atom. The molecule has 9 nitrogen and oxygen atoms in total. The lowest BCUT2D eigenvalue weighted by atomic mass is 10.1. The maximum absolute atomic E-state index is 6.10. The van der Waals surface area contributed by atoms with Gasteiger partial charge in [0, 0.05) is 22.0 Å². The van der Waals surface area contributed by atoms with E-state index in [0.29, 0.717) is 41.4 Å². The fourth-order valence-corrected chi connectivity index (χ4v) is 5.05. The summed E-state index contributed by atoms with van der Waals surface area (Å²) in [5.41, 5.74) is 8.42. The molecule has 0 unspecified atom stereocenters. The molecule has 2 aromatic carbocycles. The summed E-state index contributed by atoms with van der Waals surface area (Å²) in [5.74, 6) is 3.23. The Morgan fingerprint density at radius 1 is 1.06 bits per heavy atom. The van der Waals surface area contributed by atoms with Crippen LogP contribution in [0.3, 0.4) is 0 Å². The van der Waals surface area contributed by atoms with Gasteiger partial charge in [-0.25, -0.2) is 15.0 Å². The lowest BCUT2D eigenvalue weighted by Crippen LogP contribution is -2.05. The van der Waals surface area contributed by atoms with Crippen LogP contribution >= 0.6 is 27.7 Å². The van der Waals surface area contributed by atoms with Crippen LogP contribution in [0.5, 0.6) is 23.0 Å². The number of halogens is 1. The van der Waals surface area contributed by atoms with Crippen molar-refractivity contribution < 1.29 is 18.9 Å². The van der Waals surface area contributed by atoms with Crippen LogP contribution in [0.15, 0.2) is 51.2 Å². The van der Waals surface area contributed by atoms with Crippen molar-refractivity contribution in [2.45, 2.75) is 23.0 Å². The number of aryl methyl sites for hydroxylation is 2. The van der Waals surface area contributed by atoms with Crippen LogP contribution in [-0.2, 0) is 13.0 Å². The zero-order chi connectivity index (χ0) is 22.9. The maximum Gasteiger partial charge on any atom is 0.231 e. The van der Waals surface area contributed by atoms with Crippen molar-refractivity contribution >= 4 is 44.7 Å².